The molecule has 0 fully saturated rings. The van der Waals surface area contributed by atoms with E-state index in [9.17, 15) is 22.8 Å². The third kappa shape index (κ3) is 2.65. The molecule has 2 aromatic carbocycles. The average molecular weight is 330 g/mol. The van der Waals surface area contributed by atoms with E-state index in [0.717, 1.165) is 24.3 Å². The Labute approximate surface area is 135 Å². The zero-order valence-corrected chi connectivity index (χ0v) is 12.3. The van der Waals surface area contributed by atoms with Crippen LogP contribution in [0.25, 0.3) is 5.57 Å². The van der Waals surface area contributed by atoms with E-state index < -0.39 is 23.3 Å². The summed E-state index contributed by atoms with van der Waals surface area (Å²) in [6.45, 7) is 3.64. The summed E-state index contributed by atoms with van der Waals surface area (Å²) in [5.41, 5.74) is 1.04. The Kier molecular flexibility index (Phi) is 3.86. The molecule has 2 aromatic rings. The maximum atomic E-state index is 13.9. The molecule has 0 atom stereocenters. The highest BCUT2D eigenvalue weighted by Gasteiger charge is 2.24. The number of nitrogens with zero attached hydrogens (tertiary/aromatic N) is 2. The van der Waals surface area contributed by atoms with Crippen molar-refractivity contribution in [1.29, 1.82) is 5.26 Å². The average Bonchev–Trinajstić information content (AvgIpc) is 2.54. The fourth-order valence-electron chi connectivity index (χ4n) is 2.52. The Bertz CT molecular complexity index is 925. The van der Waals surface area contributed by atoms with Crippen LogP contribution < -0.4 is 4.90 Å². The normalized spacial score (nSPS) is 13.4. The highest BCUT2D eigenvalue weighted by Crippen LogP contribution is 2.38. The first kappa shape index (κ1) is 15.8. The number of hydrogen-bond donors (Lipinski definition) is 0. The molecule has 0 N–H and O–H groups in total. The molecular formula is C18H10F4N2. The number of anilines is 1. The van der Waals surface area contributed by atoms with Gasteiger partial charge in [-0.2, -0.15) is 5.26 Å². The summed E-state index contributed by atoms with van der Waals surface area (Å²) in [6.07, 6.45) is 1.38. The molecule has 0 radical (unpaired) electrons. The van der Waals surface area contributed by atoms with Gasteiger partial charge in [0.2, 0.25) is 0 Å². The molecule has 1 aliphatic rings. The molecule has 2 nitrogen and oxygen atoms in total. The molecule has 1 heterocycles. The number of benzene rings is 2. The molecule has 24 heavy (non-hydrogen) atoms. The van der Waals surface area contributed by atoms with Crippen LogP contribution in [0.5, 0.6) is 0 Å². The molecule has 0 aliphatic carbocycles. The lowest BCUT2D eigenvalue weighted by atomic mass is 9.94. The second-order valence-electron chi connectivity index (χ2n) is 5.28. The lowest BCUT2D eigenvalue weighted by Crippen LogP contribution is -2.22. The lowest BCUT2D eigenvalue weighted by Gasteiger charge is -2.29. The van der Waals surface area contributed by atoms with E-state index in [4.69, 9.17) is 0 Å². The van der Waals surface area contributed by atoms with Crippen LogP contribution in [0.2, 0.25) is 0 Å². The Balaban J connectivity index is 2.10. The number of fused-ring (bicyclic) bond motifs is 1. The van der Waals surface area contributed by atoms with Crippen molar-refractivity contribution in [3.8, 4) is 6.07 Å². The minimum Gasteiger partial charge on any atom is -0.342 e. The summed E-state index contributed by atoms with van der Waals surface area (Å²) >= 11 is 0. The highest BCUT2D eigenvalue weighted by atomic mass is 19.2. The van der Waals surface area contributed by atoms with Gasteiger partial charge in [-0.15, -0.1) is 0 Å². The van der Waals surface area contributed by atoms with E-state index in [1.807, 2.05) is 6.07 Å². The Morgan fingerprint density at radius 3 is 2.38 bits per heavy atom. The minimum atomic E-state index is -1.07. The first-order chi connectivity index (χ1) is 11.4. The molecule has 0 saturated carbocycles. The molecule has 0 saturated heterocycles. The second kappa shape index (κ2) is 5.85. The van der Waals surface area contributed by atoms with Crippen molar-refractivity contribution >= 4 is 11.3 Å². The standard InChI is InChI=1S/C18H10F4N2/c1-10-12(7-23)9-24(8-11-2-3-13(19)4-15(11)20)18-6-17(22)16(21)5-14(10)18/h2-6,9H,1,8H2. The van der Waals surface area contributed by atoms with Crippen molar-refractivity contribution in [3.63, 3.8) is 0 Å². The van der Waals surface area contributed by atoms with Crippen molar-refractivity contribution in [3.05, 3.63) is 83.1 Å². The molecule has 0 spiro atoms. The predicted octanol–water partition coefficient (Wildman–Crippen LogP) is 4.68. The van der Waals surface area contributed by atoms with Gasteiger partial charge < -0.3 is 4.90 Å². The van der Waals surface area contributed by atoms with E-state index in [1.165, 1.54) is 17.2 Å². The first-order valence-corrected chi connectivity index (χ1v) is 6.92. The fourth-order valence-corrected chi connectivity index (χ4v) is 2.52. The third-order valence-corrected chi connectivity index (χ3v) is 3.76. The smallest absolute Gasteiger partial charge is 0.160 e. The minimum absolute atomic E-state index is 0.0807. The summed E-state index contributed by atoms with van der Waals surface area (Å²) in [7, 11) is 0. The van der Waals surface area contributed by atoms with Crippen molar-refractivity contribution in [2.24, 2.45) is 0 Å². The monoisotopic (exact) mass is 330 g/mol. The molecular weight excluding hydrogens is 320 g/mol. The molecule has 120 valence electrons. The zero-order chi connectivity index (χ0) is 17.4. The van der Waals surface area contributed by atoms with Crippen LogP contribution in [-0.2, 0) is 6.54 Å². The van der Waals surface area contributed by atoms with Crippen molar-refractivity contribution in [2.75, 3.05) is 4.90 Å². The van der Waals surface area contributed by atoms with E-state index in [2.05, 4.69) is 6.58 Å². The summed E-state index contributed by atoms with van der Waals surface area (Å²) in [5.74, 6) is -3.62. The Morgan fingerprint density at radius 2 is 1.71 bits per heavy atom. The van der Waals surface area contributed by atoms with Crippen LogP contribution in [0.3, 0.4) is 0 Å². The maximum Gasteiger partial charge on any atom is 0.160 e. The van der Waals surface area contributed by atoms with Crippen LogP contribution in [0.15, 0.2) is 48.7 Å². The van der Waals surface area contributed by atoms with E-state index in [0.29, 0.717) is 0 Å². The molecule has 3 rings (SSSR count). The van der Waals surface area contributed by atoms with Crippen LogP contribution in [-0.4, -0.2) is 0 Å². The maximum absolute atomic E-state index is 13.9. The SMILES string of the molecule is C=C1C(C#N)=CN(Cc2ccc(F)cc2F)c2cc(F)c(F)cc21. The van der Waals surface area contributed by atoms with Gasteiger partial charge in [-0.3, -0.25) is 0 Å². The largest absolute Gasteiger partial charge is 0.342 e. The summed E-state index contributed by atoms with van der Waals surface area (Å²) in [6, 6.07) is 6.92. The van der Waals surface area contributed by atoms with E-state index in [-0.39, 0.29) is 34.5 Å². The van der Waals surface area contributed by atoms with Gasteiger partial charge in [-0.25, -0.2) is 17.6 Å². The van der Waals surface area contributed by atoms with Gasteiger partial charge in [0, 0.05) is 29.5 Å². The van der Waals surface area contributed by atoms with Gasteiger partial charge in [0.25, 0.3) is 0 Å². The van der Waals surface area contributed by atoms with Crippen LogP contribution in [0, 0.1) is 34.6 Å². The zero-order valence-electron chi connectivity index (χ0n) is 12.3. The quantitative estimate of drug-likeness (QED) is 0.747. The topological polar surface area (TPSA) is 27.0 Å². The fraction of sp³-hybridized carbons (Fsp3) is 0.0556. The Hall–Kier alpha value is -3.07. The number of nitriles is 1. The van der Waals surface area contributed by atoms with Gasteiger partial charge in [0.15, 0.2) is 11.6 Å². The van der Waals surface area contributed by atoms with Gasteiger partial charge in [-0.05, 0) is 17.7 Å². The first-order valence-electron chi connectivity index (χ1n) is 6.92. The summed E-state index contributed by atoms with van der Waals surface area (Å²) < 4.78 is 54.0. The van der Waals surface area contributed by atoms with Crippen LogP contribution in [0.4, 0.5) is 23.2 Å². The molecule has 0 amide bonds. The lowest BCUT2D eigenvalue weighted by molar-refractivity contribution is 0.508. The van der Waals surface area contributed by atoms with Crippen LogP contribution in [0.1, 0.15) is 11.1 Å². The number of rotatable bonds is 2. The molecule has 6 heteroatoms. The summed E-state index contributed by atoms with van der Waals surface area (Å²) in [5, 5.41) is 9.19. The van der Waals surface area contributed by atoms with Gasteiger partial charge >= 0.3 is 0 Å². The van der Waals surface area contributed by atoms with Crippen molar-refractivity contribution < 1.29 is 17.6 Å². The summed E-state index contributed by atoms with van der Waals surface area (Å²) in [4.78, 5) is 1.40. The molecule has 1 aliphatic heterocycles. The Morgan fingerprint density at radius 1 is 1.00 bits per heavy atom. The predicted molar refractivity (Wildman–Crippen MR) is 81.6 cm³/mol. The van der Waals surface area contributed by atoms with Gasteiger partial charge in [-0.1, -0.05) is 12.6 Å². The number of halogens is 4. The number of hydrogen-bond acceptors (Lipinski definition) is 2. The van der Waals surface area contributed by atoms with E-state index >= 15 is 0 Å². The van der Waals surface area contributed by atoms with Gasteiger partial charge in [0.05, 0.1) is 17.8 Å². The molecule has 0 unspecified atom stereocenters. The van der Waals surface area contributed by atoms with E-state index in [1.54, 1.807) is 0 Å². The highest BCUT2D eigenvalue weighted by molar-refractivity contribution is 5.91. The van der Waals surface area contributed by atoms with Crippen molar-refractivity contribution in [2.45, 2.75) is 6.54 Å². The van der Waals surface area contributed by atoms with Crippen molar-refractivity contribution in [1.82, 2.24) is 0 Å². The third-order valence-electron chi connectivity index (χ3n) is 3.76. The van der Waals surface area contributed by atoms with Crippen LogP contribution >= 0.6 is 0 Å². The second-order valence-corrected chi connectivity index (χ2v) is 5.28. The van der Waals surface area contributed by atoms with Gasteiger partial charge in [0.1, 0.15) is 17.7 Å². The molecule has 0 aromatic heterocycles. The number of allylic oxidation sites excluding steroid dienone is 2. The molecule has 0 bridgehead atoms.